The quantitative estimate of drug-likeness (QED) is 0.774. The maximum Gasteiger partial charge on any atom is 0.150 e. The summed E-state index contributed by atoms with van der Waals surface area (Å²) in [6.45, 7) is 1.54. The standard InChI is InChI=1S/C11H12ClIN4O/c12-7-5-15-10(14)8-9(13)16-11(17(7)8)6-1-3-18-4-2-6/h5-6H,1-4H2,(H2,14,15). The Morgan fingerprint density at radius 1 is 1.44 bits per heavy atom. The molecule has 0 spiro atoms. The highest BCUT2D eigenvalue weighted by Crippen LogP contribution is 2.32. The molecule has 0 aliphatic carbocycles. The third-order valence-electron chi connectivity index (χ3n) is 3.21. The first-order chi connectivity index (χ1) is 8.68. The topological polar surface area (TPSA) is 65.4 Å². The zero-order valence-corrected chi connectivity index (χ0v) is 12.5. The number of nitrogens with two attached hydrogens (primary N) is 1. The lowest BCUT2D eigenvalue weighted by Gasteiger charge is -2.21. The fraction of sp³-hybridized carbons (Fsp3) is 0.455. The number of hydrogen-bond donors (Lipinski definition) is 1. The predicted octanol–water partition coefficient (Wildman–Crippen LogP) is 2.46. The number of aromatic nitrogens is 3. The molecule has 0 saturated carbocycles. The Balaban J connectivity index is 2.20. The van der Waals surface area contributed by atoms with Crippen molar-refractivity contribution in [2.75, 3.05) is 18.9 Å². The lowest BCUT2D eigenvalue weighted by molar-refractivity contribution is 0.0835. The largest absolute Gasteiger partial charge is 0.382 e. The van der Waals surface area contributed by atoms with Crippen LogP contribution in [0.3, 0.4) is 0 Å². The van der Waals surface area contributed by atoms with Gasteiger partial charge < -0.3 is 10.5 Å². The molecule has 3 rings (SSSR count). The second-order valence-electron chi connectivity index (χ2n) is 4.30. The molecule has 5 nitrogen and oxygen atoms in total. The van der Waals surface area contributed by atoms with Crippen LogP contribution in [0.25, 0.3) is 5.52 Å². The number of hydrogen-bond acceptors (Lipinski definition) is 4. The second kappa shape index (κ2) is 4.82. The van der Waals surface area contributed by atoms with Gasteiger partial charge in [0.15, 0.2) is 5.82 Å². The highest BCUT2D eigenvalue weighted by molar-refractivity contribution is 14.1. The highest BCUT2D eigenvalue weighted by atomic mass is 127. The Labute approximate surface area is 123 Å². The zero-order valence-electron chi connectivity index (χ0n) is 9.57. The van der Waals surface area contributed by atoms with Crippen LogP contribution in [0.4, 0.5) is 5.82 Å². The third kappa shape index (κ3) is 1.96. The molecule has 1 fully saturated rings. The average molecular weight is 379 g/mol. The van der Waals surface area contributed by atoms with E-state index < -0.39 is 0 Å². The lowest BCUT2D eigenvalue weighted by Crippen LogP contribution is -2.16. The maximum atomic E-state index is 6.24. The summed E-state index contributed by atoms with van der Waals surface area (Å²) >= 11 is 8.41. The first kappa shape index (κ1) is 12.4. The molecule has 0 bridgehead atoms. The van der Waals surface area contributed by atoms with Crippen molar-refractivity contribution in [3.05, 3.63) is 20.9 Å². The van der Waals surface area contributed by atoms with Crippen LogP contribution in [0, 0.1) is 3.70 Å². The van der Waals surface area contributed by atoms with Gasteiger partial charge in [0.2, 0.25) is 0 Å². The normalized spacial score (nSPS) is 17.4. The Hall–Kier alpha value is -0.600. The minimum Gasteiger partial charge on any atom is -0.382 e. The van der Waals surface area contributed by atoms with Crippen molar-refractivity contribution in [3.8, 4) is 0 Å². The molecule has 2 aromatic heterocycles. The van der Waals surface area contributed by atoms with E-state index in [1.807, 2.05) is 4.40 Å². The summed E-state index contributed by atoms with van der Waals surface area (Å²) in [6.07, 6.45) is 3.51. The van der Waals surface area contributed by atoms with E-state index in [1.54, 1.807) is 6.20 Å². The van der Waals surface area contributed by atoms with Crippen molar-refractivity contribution >= 4 is 45.5 Å². The van der Waals surface area contributed by atoms with Gasteiger partial charge in [-0.25, -0.2) is 9.97 Å². The molecule has 1 aliphatic rings. The van der Waals surface area contributed by atoms with E-state index in [0.717, 1.165) is 41.1 Å². The van der Waals surface area contributed by atoms with Crippen LogP contribution >= 0.6 is 34.2 Å². The van der Waals surface area contributed by atoms with E-state index in [-0.39, 0.29) is 0 Å². The van der Waals surface area contributed by atoms with Crippen molar-refractivity contribution in [2.45, 2.75) is 18.8 Å². The fourth-order valence-electron chi connectivity index (χ4n) is 2.32. The fourth-order valence-corrected chi connectivity index (χ4v) is 3.30. The van der Waals surface area contributed by atoms with E-state index in [1.165, 1.54) is 0 Å². The molecule has 0 atom stereocenters. The summed E-state index contributed by atoms with van der Waals surface area (Å²) in [4.78, 5) is 8.71. The molecule has 0 unspecified atom stereocenters. The second-order valence-corrected chi connectivity index (χ2v) is 5.71. The first-order valence-corrected chi connectivity index (χ1v) is 7.19. The Kier molecular flexibility index (Phi) is 3.33. The first-order valence-electron chi connectivity index (χ1n) is 5.74. The Morgan fingerprint density at radius 2 is 2.17 bits per heavy atom. The number of nitrogen functional groups attached to an aromatic ring is 1. The third-order valence-corrected chi connectivity index (χ3v) is 4.23. The van der Waals surface area contributed by atoms with Gasteiger partial charge in [-0.15, -0.1) is 0 Å². The van der Waals surface area contributed by atoms with Crippen molar-refractivity contribution in [2.24, 2.45) is 0 Å². The van der Waals surface area contributed by atoms with Gasteiger partial charge in [0.1, 0.15) is 20.2 Å². The van der Waals surface area contributed by atoms with Crippen LogP contribution in [0.15, 0.2) is 6.20 Å². The monoisotopic (exact) mass is 378 g/mol. The maximum absolute atomic E-state index is 6.24. The summed E-state index contributed by atoms with van der Waals surface area (Å²) in [5.74, 6) is 1.81. The number of imidazole rings is 1. The Bertz CT molecular complexity index is 594. The summed E-state index contributed by atoms with van der Waals surface area (Å²) < 4.78 is 8.15. The molecule has 2 aromatic rings. The van der Waals surface area contributed by atoms with Crippen LogP contribution in [0.2, 0.25) is 5.15 Å². The van der Waals surface area contributed by atoms with E-state index in [4.69, 9.17) is 22.1 Å². The SMILES string of the molecule is Nc1ncc(Cl)n2c(C3CCOCC3)nc(I)c12. The van der Waals surface area contributed by atoms with E-state index in [9.17, 15) is 0 Å². The number of anilines is 1. The predicted molar refractivity (Wildman–Crippen MR) is 77.9 cm³/mol. The lowest BCUT2D eigenvalue weighted by atomic mass is 10.00. The molecular weight excluding hydrogens is 367 g/mol. The summed E-state index contributed by atoms with van der Waals surface area (Å²) in [7, 11) is 0. The van der Waals surface area contributed by atoms with Crippen molar-refractivity contribution in [1.29, 1.82) is 0 Å². The van der Waals surface area contributed by atoms with E-state index in [0.29, 0.717) is 16.9 Å². The van der Waals surface area contributed by atoms with Crippen LogP contribution in [0.1, 0.15) is 24.6 Å². The molecule has 18 heavy (non-hydrogen) atoms. The van der Waals surface area contributed by atoms with E-state index >= 15 is 0 Å². The van der Waals surface area contributed by atoms with E-state index in [2.05, 4.69) is 32.6 Å². The molecule has 0 aromatic carbocycles. The van der Waals surface area contributed by atoms with Gasteiger partial charge in [-0.2, -0.15) is 0 Å². The number of ether oxygens (including phenoxy) is 1. The van der Waals surface area contributed by atoms with Crippen molar-refractivity contribution in [1.82, 2.24) is 14.4 Å². The van der Waals surface area contributed by atoms with Crippen LogP contribution in [-0.2, 0) is 4.74 Å². The molecule has 96 valence electrons. The number of rotatable bonds is 1. The number of halogens is 2. The molecular formula is C11H12ClIN4O. The molecule has 1 saturated heterocycles. The molecule has 7 heteroatoms. The highest BCUT2D eigenvalue weighted by Gasteiger charge is 2.24. The minimum atomic E-state index is 0.370. The molecule has 1 aliphatic heterocycles. The Morgan fingerprint density at radius 3 is 2.89 bits per heavy atom. The molecule has 3 heterocycles. The van der Waals surface area contributed by atoms with Gasteiger partial charge in [0, 0.05) is 19.1 Å². The smallest absolute Gasteiger partial charge is 0.150 e. The number of fused-ring (bicyclic) bond motifs is 1. The summed E-state index contributed by atoms with van der Waals surface area (Å²) in [5.41, 5.74) is 6.72. The van der Waals surface area contributed by atoms with Gasteiger partial charge >= 0.3 is 0 Å². The molecule has 2 N–H and O–H groups in total. The minimum absolute atomic E-state index is 0.370. The zero-order chi connectivity index (χ0) is 12.7. The van der Waals surface area contributed by atoms with Crippen molar-refractivity contribution < 1.29 is 4.74 Å². The van der Waals surface area contributed by atoms with Crippen LogP contribution in [-0.4, -0.2) is 27.6 Å². The van der Waals surface area contributed by atoms with Crippen molar-refractivity contribution in [3.63, 3.8) is 0 Å². The summed E-state index contributed by atoms with van der Waals surface area (Å²) in [5, 5.41) is 0.552. The van der Waals surface area contributed by atoms with Gasteiger partial charge in [-0.1, -0.05) is 11.6 Å². The van der Waals surface area contributed by atoms with Gasteiger partial charge in [-0.05, 0) is 35.4 Å². The van der Waals surface area contributed by atoms with Gasteiger partial charge in [0.05, 0.1) is 6.20 Å². The molecule has 0 radical (unpaired) electrons. The number of nitrogens with zero attached hydrogens (tertiary/aromatic N) is 3. The van der Waals surface area contributed by atoms with Gasteiger partial charge in [-0.3, -0.25) is 4.40 Å². The summed E-state index contributed by atoms with van der Waals surface area (Å²) in [6, 6.07) is 0. The van der Waals surface area contributed by atoms with Crippen LogP contribution < -0.4 is 5.73 Å². The average Bonchev–Trinajstić information content (AvgIpc) is 2.74. The van der Waals surface area contributed by atoms with Crippen LogP contribution in [0.5, 0.6) is 0 Å². The van der Waals surface area contributed by atoms with Gasteiger partial charge in [0.25, 0.3) is 0 Å². The molecule has 0 amide bonds.